The average molecular weight is 301 g/mol. The molecule has 0 aliphatic carbocycles. The van der Waals surface area contributed by atoms with E-state index in [1.807, 2.05) is 0 Å². The Morgan fingerprint density at radius 2 is 2.05 bits per heavy atom. The first-order valence-electron chi connectivity index (χ1n) is 6.84. The topological polar surface area (TPSA) is 49.8 Å². The molecule has 1 amide bonds. The summed E-state index contributed by atoms with van der Waals surface area (Å²) in [5.74, 6) is -4.98. The molecule has 0 fully saturated rings. The normalized spacial score (nSPS) is 12.9. The van der Waals surface area contributed by atoms with Crippen LogP contribution in [0.15, 0.2) is 24.3 Å². The van der Waals surface area contributed by atoms with Crippen LogP contribution in [0.4, 0.5) is 8.78 Å². The van der Waals surface area contributed by atoms with Crippen LogP contribution in [-0.2, 0) is 10.7 Å². The van der Waals surface area contributed by atoms with E-state index in [9.17, 15) is 18.7 Å². The number of aliphatic hydroxyl groups is 1. The van der Waals surface area contributed by atoms with Gasteiger partial charge in [-0.1, -0.05) is 12.1 Å². The van der Waals surface area contributed by atoms with Crippen molar-refractivity contribution in [3.05, 3.63) is 29.8 Å². The van der Waals surface area contributed by atoms with Gasteiger partial charge in [0.1, 0.15) is 5.75 Å². The molecule has 1 aromatic carbocycles. The van der Waals surface area contributed by atoms with Gasteiger partial charge in [0.15, 0.2) is 0 Å². The van der Waals surface area contributed by atoms with Gasteiger partial charge in [-0.05, 0) is 32.4 Å². The van der Waals surface area contributed by atoms with Gasteiger partial charge in [-0.3, -0.25) is 4.79 Å². The Morgan fingerprint density at radius 3 is 2.62 bits per heavy atom. The van der Waals surface area contributed by atoms with Crippen LogP contribution >= 0.6 is 0 Å². The van der Waals surface area contributed by atoms with Crippen molar-refractivity contribution in [3.8, 4) is 5.75 Å². The van der Waals surface area contributed by atoms with Gasteiger partial charge in [0.25, 0.3) is 5.91 Å². The predicted octanol–water partition coefficient (Wildman–Crippen LogP) is 2.41. The second-order valence-corrected chi connectivity index (χ2v) is 4.87. The van der Waals surface area contributed by atoms with E-state index in [2.05, 4.69) is 0 Å². The highest BCUT2D eigenvalue weighted by Crippen LogP contribution is 2.36. The maximum absolute atomic E-state index is 14.4. The molecule has 0 aromatic heterocycles. The van der Waals surface area contributed by atoms with Crippen LogP contribution in [0, 0.1) is 0 Å². The van der Waals surface area contributed by atoms with Crippen molar-refractivity contribution in [1.82, 2.24) is 4.90 Å². The molecule has 0 bridgehead atoms. The zero-order chi connectivity index (χ0) is 16.0. The van der Waals surface area contributed by atoms with Gasteiger partial charge < -0.3 is 14.7 Å². The molecule has 0 saturated carbocycles. The number of carbonyl (C=O) groups is 1. The van der Waals surface area contributed by atoms with E-state index < -0.39 is 23.5 Å². The molecule has 1 aromatic rings. The van der Waals surface area contributed by atoms with Crippen LogP contribution in [0.5, 0.6) is 5.75 Å². The molecule has 0 radical (unpaired) electrons. The standard InChI is InChI=1S/C15H21F2NO3/c1-4-21-13-8-6-5-7-12(13)15(16,17)14(20)18(3)10-9-11(2)19/h5-8,11,19H,4,9-10H2,1-3H3. The lowest BCUT2D eigenvalue weighted by molar-refractivity contribution is -0.158. The van der Waals surface area contributed by atoms with E-state index >= 15 is 0 Å². The Hall–Kier alpha value is -1.69. The summed E-state index contributed by atoms with van der Waals surface area (Å²) < 4.78 is 33.9. The molecular weight excluding hydrogens is 280 g/mol. The van der Waals surface area contributed by atoms with Crippen LogP contribution in [0.2, 0.25) is 0 Å². The number of amides is 1. The summed E-state index contributed by atoms with van der Waals surface area (Å²) in [4.78, 5) is 12.9. The highest BCUT2D eigenvalue weighted by Gasteiger charge is 2.45. The summed E-state index contributed by atoms with van der Waals surface area (Å²) in [6, 6.07) is 5.61. The number of nitrogens with zero attached hydrogens (tertiary/aromatic N) is 1. The minimum Gasteiger partial charge on any atom is -0.493 e. The highest BCUT2D eigenvalue weighted by molar-refractivity contribution is 5.85. The number of carbonyl (C=O) groups excluding carboxylic acids is 1. The van der Waals surface area contributed by atoms with Crippen LogP contribution in [0.1, 0.15) is 25.8 Å². The van der Waals surface area contributed by atoms with Gasteiger partial charge >= 0.3 is 5.92 Å². The molecule has 4 nitrogen and oxygen atoms in total. The van der Waals surface area contributed by atoms with Crippen molar-refractivity contribution in [2.45, 2.75) is 32.3 Å². The molecule has 0 aliphatic heterocycles. The number of para-hydroxylation sites is 1. The third-order valence-electron chi connectivity index (χ3n) is 3.02. The molecule has 1 N–H and O–H groups in total. The number of rotatable bonds is 7. The number of hydrogen-bond donors (Lipinski definition) is 1. The van der Waals surface area contributed by atoms with E-state index in [0.29, 0.717) is 0 Å². The van der Waals surface area contributed by atoms with Crippen LogP contribution in [0.3, 0.4) is 0 Å². The minimum absolute atomic E-state index is 0.00211. The van der Waals surface area contributed by atoms with Crippen molar-refractivity contribution >= 4 is 5.91 Å². The quantitative estimate of drug-likeness (QED) is 0.841. The monoisotopic (exact) mass is 301 g/mol. The molecule has 6 heteroatoms. The molecule has 1 atom stereocenters. The molecule has 1 unspecified atom stereocenters. The van der Waals surface area contributed by atoms with Gasteiger partial charge in [-0.15, -0.1) is 0 Å². The maximum Gasteiger partial charge on any atom is 0.353 e. The zero-order valence-corrected chi connectivity index (χ0v) is 12.5. The number of likely N-dealkylation sites (N-methyl/N-ethyl adjacent to an activating group) is 1. The van der Waals surface area contributed by atoms with E-state index in [4.69, 9.17) is 4.74 Å². The van der Waals surface area contributed by atoms with Crippen LogP contribution in [0.25, 0.3) is 0 Å². The Kier molecular flexibility index (Phi) is 6.08. The number of aliphatic hydroxyl groups excluding tert-OH is 1. The third-order valence-corrected chi connectivity index (χ3v) is 3.02. The van der Waals surface area contributed by atoms with Crippen LogP contribution in [-0.4, -0.2) is 42.2 Å². The SMILES string of the molecule is CCOc1ccccc1C(F)(F)C(=O)N(C)CCC(C)O. The first-order chi connectivity index (χ1) is 9.80. The lowest BCUT2D eigenvalue weighted by atomic mass is 10.1. The second-order valence-electron chi connectivity index (χ2n) is 4.87. The predicted molar refractivity (Wildman–Crippen MR) is 75.4 cm³/mol. The van der Waals surface area contributed by atoms with Gasteiger partial charge in [0, 0.05) is 13.6 Å². The molecular formula is C15H21F2NO3. The van der Waals surface area contributed by atoms with Gasteiger partial charge in [-0.25, -0.2) is 0 Å². The Morgan fingerprint density at radius 1 is 1.43 bits per heavy atom. The first-order valence-corrected chi connectivity index (χ1v) is 6.84. The number of hydrogen-bond acceptors (Lipinski definition) is 3. The zero-order valence-electron chi connectivity index (χ0n) is 12.5. The first kappa shape index (κ1) is 17.4. The fourth-order valence-corrected chi connectivity index (χ4v) is 1.84. The molecule has 0 saturated heterocycles. The fraction of sp³-hybridized carbons (Fsp3) is 0.533. The van der Waals surface area contributed by atoms with Gasteiger partial charge in [0.05, 0.1) is 18.3 Å². The molecule has 21 heavy (non-hydrogen) atoms. The summed E-state index contributed by atoms with van der Waals surface area (Å²) >= 11 is 0. The van der Waals surface area contributed by atoms with Crippen molar-refractivity contribution in [1.29, 1.82) is 0 Å². The van der Waals surface area contributed by atoms with Crippen molar-refractivity contribution in [2.24, 2.45) is 0 Å². The summed E-state index contributed by atoms with van der Waals surface area (Å²) in [6.45, 7) is 3.52. The Bertz CT molecular complexity index is 478. The largest absolute Gasteiger partial charge is 0.493 e. The van der Waals surface area contributed by atoms with Crippen LogP contribution < -0.4 is 4.74 Å². The van der Waals surface area contributed by atoms with Crippen molar-refractivity contribution in [2.75, 3.05) is 20.2 Å². The number of benzene rings is 1. The fourth-order valence-electron chi connectivity index (χ4n) is 1.84. The number of ether oxygens (including phenoxy) is 1. The summed E-state index contributed by atoms with van der Waals surface area (Å²) in [7, 11) is 1.29. The lowest BCUT2D eigenvalue weighted by Crippen LogP contribution is -2.40. The third kappa shape index (κ3) is 4.39. The number of alkyl halides is 2. The smallest absolute Gasteiger partial charge is 0.353 e. The van der Waals surface area contributed by atoms with E-state index in [1.165, 1.54) is 25.2 Å². The van der Waals surface area contributed by atoms with Crippen molar-refractivity contribution in [3.63, 3.8) is 0 Å². The number of halogens is 2. The highest BCUT2D eigenvalue weighted by atomic mass is 19.3. The van der Waals surface area contributed by atoms with Gasteiger partial charge in [-0.2, -0.15) is 8.78 Å². The molecule has 118 valence electrons. The summed E-state index contributed by atoms with van der Waals surface area (Å²) in [5, 5.41) is 9.17. The average Bonchev–Trinajstić information content (AvgIpc) is 2.44. The molecule has 0 heterocycles. The molecule has 1 rings (SSSR count). The summed E-state index contributed by atoms with van der Waals surface area (Å²) in [5.41, 5.74) is -0.444. The second kappa shape index (κ2) is 7.36. The molecule has 0 aliphatic rings. The van der Waals surface area contributed by atoms with Crippen molar-refractivity contribution < 1.29 is 23.4 Å². The van der Waals surface area contributed by atoms with Gasteiger partial charge in [0.2, 0.25) is 0 Å². The summed E-state index contributed by atoms with van der Waals surface area (Å²) in [6.07, 6.45) is -0.407. The van der Waals surface area contributed by atoms with E-state index in [0.717, 1.165) is 4.90 Å². The van der Waals surface area contributed by atoms with E-state index in [1.54, 1.807) is 19.9 Å². The Balaban J connectivity index is 2.96. The maximum atomic E-state index is 14.4. The lowest BCUT2D eigenvalue weighted by Gasteiger charge is -2.25. The van der Waals surface area contributed by atoms with E-state index in [-0.39, 0.29) is 25.3 Å². The minimum atomic E-state index is -3.67. The molecule has 0 spiro atoms. The Labute approximate surface area is 123 Å².